The molecule has 1 aromatic rings. The van der Waals surface area contributed by atoms with E-state index in [2.05, 4.69) is 4.98 Å². The monoisotopic (exact) mass is 248 g/mol. The molecule has 96 valence electrons. The third-order valence-corrected chi connectivity index (χ3v) is 3.27. The lowest BCUT2D eigenvalue weighted by Crippen LogP contribution is -2.42. The summed E-state index contributed by atoms with van der Waals surface area (Å²) in [5.74, 6) is -1.45. The van der Waals surface area contributed by atoms with E-state index < -0.39 is 11.9 Å². The second-order valence-electron chi connectivity index (χ2n) is 4.60. The molecular weight excluding hydrogens is 232 g/mol. The molecule has 0 bridgehead atoms. The average molecular weight is 248 g/mol. The lowest BCUT2D eigenvalue weighted by molar-refractivity contribution is -0.143. The molecule has 2 heterocycles. The Balaban J connectivity index is 2.14. The van der Waals surface area contributed by atoms with Crippen LogP contribution in [-0.4, -0.2) is 40.0 Å². The zero-order valence-corrected chi connectivity index (χ0v) is 10.3. The second-order valence-corrected chi connectivity index (χ2v) is 4.60. The average Bonchev–Trinajstić information content (AvgIpc) is 2.38. The molecule has 0 spiro atoms. The van der Waals surface area contributed by atoms with Crippen LogP contribution in [0.15, 0.2) is 18.3 Å². The van der Waals surface area contributed by atoms with Crippen molar-refractivity contribution >= 4 is 11.9 Å². The number of amides is 1. The third kappa shape index (κ3) is 2.50. The molecule has 5 nitrogen and oxygen atoms in total. The van der Waals surface area contributed by atoms with Gasteiger partial charge in [0.05, 0.1) is 5.92 Å². The molecule has 1 unspecified atom stereocenters. The summed E-state index contributed by atoms with van der Waals surface area (Å²) in [5.41, 5.74) is 1.24. The number of hydrogen-bond acceptors (Lipinski definition) is 3. The third-order valence-electron chi connectivity index (χ3n) is 3.27. The summed E-state index contributed by atoms with van der Waals surface area (Å²) in [6, 6.07) is 3.61. The van der Waals surface area contributed by atoms with Gasteiger partial charge in [-0.25, -0.2) is 0 Å². The Morgan fingerprint density at radius 2 is 2.28 bits per heavy atom. The zero-order valence-electron chi connectivity index (χ0n) is 10.3. The van der Waals surface area contributed by atoms with Crippen LogP contribution >= 0.6 is 0 Å². The Morgan fingerprint density at radius 3 is 2.94 bits per heavy atom. The molecule has 0 aliphatic carbocycles. The normalized spacial score (nSPS) is 19.6. The summed E-state index contributed by atoms with van der Waals surface area (Å²) in [6.07, 6.45) is 2.95. The van der Waals surface area contributed by atoms with Crippen LogP contribution in [0.3, 0.4) is 0 Å². The summed E-state index contributed by atoms with van der Waals surface area (Å²) < 4.78 is 0. The highest BCUT2D eigenvalue weighted by Gasteiger charge is 2.29. The first-order chi connectivity index (χ1) is 8.59. The van der Waals surface area contributed by atoms with Gasteiger partial charge < -0.3 is 10.0 Å². The fourth-order valence-corrected chi connectivity index (χ4v) is 2.22. The minimum atomic E-state index is -0.828. The molecule has 1 fully saturated rings. The van der Waals surface area contributed by atoms with Crippen LogP contribution in [0.2, 0.25) is 0 Å². The summed E-state index contributed by atoms with van der Waals surface area (Å²) in [5, 5.41) is 9.01. The number of pyridine rings is 1. The van der Waals surface area contributed by atoms with Gasteiger partial charge in [0, 0.05) is 19.3 Å². The number of carboxylic acids is 1. The second kappa shape index (κ2) is 5.16. The summed E-state index contributed by atoms with van der Waals surface area (Å²) in [7, 11) is 0. The molecule has 2 rings (SSSR count). The van der Waals surface area contributed by atoms with Crippen molar-refractivity contribution in [3.63, 3.8) is 0 Å². The molecule has 0 saturated carbocycles. The van der Waals surface area contributed by atoms with Crippen LogP contribution in [0.4, 0.5) is 0 Å². The van der Waals surface area contributed by atoms with E-state index in [-0.39, 0.29) is 12.5 Å². The highest BCUT2D eigenvalue weighted by Crippen LogP contribution is 2.19. The van der Waals surface area contributed by atoms with E-state index in [4.69, 9.17) is 5.11 Å². The number of aliphatic carboxylic acids is 1. The number of hydrogen-bond donors (Lipinski definition) is 1. The van der Waals surface area contributed by atoms with Crippen LogP contribution in [-0.2, 0) is 4.79 Å². The van der Waals surface area contributed by atoms with E-state index in [9.17, 15) is 9.59 Å². The Morgan fingerprint density at radius 1 is 1.50 bits per heavy atom. The summed E-state index contributed by atoms with van der Waals surface area (Å²) in [4.78, 5) is 28.9. The largest absolute Gasteiger partial charge is 0.481 e. The van der Waals surface area contributed by atoms with Crippen molar-refractivity contribution in [1.29, 1.82) is 0 Å². The van der Waals surface area contributed by atoms with E-state index in [1.54, 1.807) is 17.2 Å². The van der Waals surface area contributed by atoms with Gasteiger partial charge in [-0.15, -0.1) is 0 Å². The summed E-state index contributed by atoms with van der Waals surface area (Å²) in [6.45, 7) is 2.72. The first-order valence-corrected chi connectivity index (χ1v) is 6.03. The van der Waals surface area contributed by atoms with Crippen LogP contribution in [0, 0.1) is 12.8 Å². The van der Waals surface area contributed by atoms with Crippen molar-refractivity contribution < 1.29 is 14.7 Å². The first kappa shape index (κ1) is 12.5. The van der Waals surface area contributed by atoms with Crippen molar-refractivity contribution in [2.75, 3.05) is 13.1 Å². The predicted octanol–water partition coefficient (Wildman–Crippen LogP) is 1.33. The van der Waals surface area contributed by atoms with Gasteiger partial charge in [0.2, 0.25) is 0 Å². The molecule has 5 heteroatoms. The lowest BCUT2D eigenvalue weighted by Gasteiger charge is -2.30. The molecule has 18 heavy (non-hydrogen) atoms. The Bertz CT molecular complexity index is 473. The minimum Gasteiger partial charge on any atom is -0.481 e. The fraction of sp³-hybridized carbons (Fsp3) is 0.462. The molecule has 1 aliphatic rings. The fourth-order valence-electron chi connectivity index (χ4n) is 2.22. The van der Waals surface area contributed by atoms with Gasteiger partial charge >= 0.3 is 5.97 Å². The smallest absolute Gasteiger partial charge is 0.308 e. The summed E-state index contributed by atoms with van der Waals surface area (Å²) >= 11 is 0. The van der Waals surface area contributed by atoms with E-state index in [1.807, 2.05) is 13.0 Å². The number of aromatic nitrogens is 1. The lowest BCUT2D eigenvalue weighted by atomic mass is 9.98. The van der Waals surface area contributed by atoms with Crippen molar-refractivity contribution in [2.24, 2.45) is 5.92 Å². The number of carbonyl (C=O) groups excluding carboxylic acids is 1. The van der Waals surface area contributed by atoms with E-state index in [0.717, 1.165) is 12.0 Å². The van der Waals surface area contributed by atoms with Crippen LogP contribution < -0.4 is 0 Å². The van der Waals surface area contributed by atoms with Crippen molar-refractivity contribution in [3.05, 3.63) is 29.6 Å². The maximum atomic E-state index is 12.3. The highest BCUT2D eigenvalue weighted by atomic mass is 16.4. The number of likely N-dealkylation sites (tertiary alicyclic amines) is 1. The maximum absolute atomic E-state index is 12.3. The van der Waals surface area contributed by atoms with Crippen LogP contribution in [0.25, 0.3) is 0 Å². The number of piperidine rings is 1. The molecule has 1 atom stereocenters. The zero-order chi connectivity index (χ0) is 13.1. The Hall–Kier alpha value is -1.91. The predicted molar refractivity (Wildman–Crippen MR) is 65.2 cm³/mol. The number of rotatable bonds is 2. The topological polar surface area (TPSA) is 70.5 Å². The van der Waals surface area contributed by atoms with Gasteiger partial charge in [-0.1, -0.05) is 6.07 Å². The van der Waals surface area contributed by atoms with Gasteiger partial charge in [0.15, 0.2) is 0 Å². The van der Waals surface area contributed by atoms with E-state index in [0.29, 0.717) is 18.7 Å². The number of carbonyl (C=O) groups is 2. The molecular formula is C13H16N2O3. The Kier molecular flexibility index (Phi) is 3.60. The van der Waals surface area contributed by atoms with Gasteiger partial charge in [-0.2, -0.15) is 0 Å². The van der Waals surface area contributed by atoms with Gasteiger partial charge in [-0.05, 0) is 31.4 Å². The molecule has 0 radical (unpaired) electrons. The standard InChI is InChI=1S/C13H16N2O3/c1-9-4-2-6-14-11(9)12(16)15-7-3-5-10(8-15)13(17)18/h2,4,6,10H,3,5,7-8H2,1H3,(H,17,18). The maximum Gasteiger partial charge on any atom is 0.308 e. The number of nitrogens with zero attached hydrogens (tertiary/aromatic N) is 2. The van der Waals surface area contributed by atoms with Crippen molar-refractivity contribution in [3.8, 4) is 0 Å². The van der Waals surface area contributed by atoms with E-state index in [1.165, 1.54) is 0 Å². The molecule has 1 N–H and O–H groups in total. The number of carboxylic acid groups (broad SMARTS) is 1. The van der Waals surface area contributed by atoms with Crippen LogP contribution in [0.1, 0.15) is 28.9 Å². The SMILES string of the molecule is Cc1cccnc1C(=O)N1CCCC(C(=O)O)C1. The van der Waals surface area contributed by atoms with Gasteiger partial charge in [-0.3, -0.25) is 14.6 Å². The molecule has 1 amide bonds. The highest BCUT2D eigenvalue weighted by molar-refractivity contribution is 5.94. The van der Waals surface area contributed by atoms with Gasteiger partial charge in [0.1, 0.15) is 5.69 Å². The van der Waals surface area contributed by atoms with Gasteiger partial charge in [0.25, 0.3) is 5.91 Å². The van der Waals surface area contributed by atoms with Crippen molar-refractivity contribution in [2.45, 2.75) is 19.8 Å². The number of aryl methyl sites for hydroxylation is 1. The molecule has 1 saturated heterocycles. The van der Waals surface area contributed by atoms with E-state index >= 15 is 0 Å². The minimum absolute atomic E-state index is 0.168. The van der Waals surface area contributed by atoms with Crippen molar-refractivity contribution in [1.82, 2.24) is 9.88 Å². The Labute approximate surface area is 105 Å². The quantitative estimate of drug-likeness (QED) is 0.857. The van der Waals surface area contributed by atoms with Crippen LogP contribution in [0.5, 0.6) is 0 Å². The molecule has 1 aromatic heterocycles. The molecule has 0 aromatic carbocycles. The first-order valence-electron chi connectivity index (χ1n) is 6.03. The molecule has 1 aliphatic heterocycles.